The van der Waals surface area contributed by atoms with E-state index in [1.165, 1.54) is 0 Å². The van der Waals surface area contributed by atoms with Gasteiger partial charge in [-0.1, -0.05) is 37.0 Å². The van der Waals surface area contributed by atoms with Crippen molar-refractivity contribution in [3.8, 4) is 0 Å². The molecule has 0 aromatic carbocycles. The molecule has 0 fully saturated rings. The zero-order valence-corrected chi connectivity index (χ0v) is 10.0. The second-order valence-electron chi connectivity index (χ2n) is 3.66. The van der Waals surface area contributed by atoms with E-state index in [4.69, 9.17) is 23.2 Å². The summed E-state index contributed by atoms with van der Waals surface area (Å²) in [4.78, 5) is 4.13. The van der Waals surface area contributed by atoms with Crippen molar-refractivity contribution in [2.75, 3.05) is 5.32 Å². The van der Waals surface area contributed by atoms with E-state index in [1.54, 1.807) is 12.3 Å². The summed E-state index contributed by atoms with van der Waals surface area (Å²) in [7, 11) is 0. The first kappa shape index (κ1) is 11.6. The van der Waals surface area contributed by atoms with Gasteiger partial charge in [-0.2, -0.15) is 0 Å². The van der Waals surface area contributed by atoms with Gasteiger partial charge in [-0.3, -0.25) is 0 Å². The first-order valence-electron chi connectivity index (χ1n) is 4.58. The van der Waals surface area contributed by atoms with Crippen LogP contribution in [0.4, 0.5) is 5.82 Å². The smallest absolute Gasteiger partial charge is 0.145 e. The quantitative estimate of drug-likeness (QED) is 0.857. The molecule has 0 aliphatic heterocycles. The molecule has 4 heteroatoms. The van der Waals surface area contributed by atoms with Crippen molar-refractivity contribution in [3.05, 3.63) is 22.3 Å². The second kappa shape index (κ2) is 4.85. The summed E-state index contributed by atoms with van der Waals surface area (Å²) in [5.41, 5.74) is 0. The molecule has 0 saturated heterocycles. The summed E-state index contributed by atoms with van der Waals surface area (Å²) < 4.78 is 0. The van der Waals surface area contributed by atoms with Gasteiger partial charge in [-0.15, -0.1) is 0 Å². The molecule has 1 N–H and O–H groups in total. The molecule has 0 saturated carbocycles. The number of halogens is 2. The van der Waals surface area contributed by atoms with Gasteiger partial charge in [0.2, 0.25) is 0 Å². The van der Waals surface area contributed by atoms with Crippen LogP contribution >= 0.6 is 23.2 Å². The zero-order valence-electron chi connectivity index (χ0n) is 8.51. The van der Waals surface area contributed by atoms with Crippen LogP contribution < -0.4 is 5.32 Å². The Morgan fingerprint density at radius 2 is 1.93 bits per heavy atom. The molecule has 0 bridgehead atoms. The van der Waals surface area contributed by atoms with Crippen molar-refractivity contribution >= 4 is 29.0 Å². The van der Waals surface area contributed by atoms with Crippen LogP contribution in [-0.2, 0) is 0 Å². The van der Waals surface area contributed by atoms with Gasteiger partial charge in [0, 0.05) is 12.2 Å². The van der Waals surface area contributed by atoms with Gasteiger partial charge in [0.25, 0.3) is 0 Å². The lowest BCUT2D eigenvalue weighted by Crippen LogP contribution is -2.22. The summed E-state index contributed by atoms with van der Waals surface area (Å²) in [6.07, 6.45) is 1.59. The summed E-state index contributed by atoms with van der Waals surface area (Å²) >= 11 is 11.7. The largest absolute Gasteiger partial charge is 0.366 e. The molecular weight excluding hydrogens is 219 g/mol. The van der Waals surface area contributed by atoms with E-state index in [1.807, 2.05) is 0 Å². The van der Waals surface area contributed by atoms with Crippen molar-refractivity contribution in [1.82, 2.24) is 4.98 Å². The molecular formula is C10H14Cl2N2. The second-order valence-corrected chi connectivity index (χ2v) is 4.50. The van der Waals surface area contributed by atoms with Crippen LogP contribution in [-0.4, -0.2) is 11.0 Å². The highest BCUT2D eigenvalue weighted by Crippen LogP contribution is 2.23. The normalized spacial score (nSPS) is 13.0. The maximum Gasteiger partial charge on any atom is 0.145 e. The third-order valence-corrected chi connectivity index (χ3v) is 2.67. The van der Waals surface area contributed by atoms with Crippen LogP contribution in [0, 0.1) is 5.92 Å². The number of anilines is 1. The fourth-order valence-corrected chi connectivity index (χ4v) is 1.34. The summed E-state index contributed by atoms with van der Waals surface area (Å²) in [6.45, 7) is 6.38. The van der Waals surface area contributed by atoms with E-state index in [-0.39, 0.29) is 0 Å². The Hall–Kier alpha value is -0.470. The van der Waals surface area contributed by atoms with Crippen LogP contribution in [0.3, 0.4) is 0 Å². The van der Waals surface area contributed by atoms with Crippen LogP contribution in [0.2, 0.25) is 10.0 Å². The number of hydrogen-bond donors (Lipinski definition) is 1. The first-order chi connectivity index (χ1) is 6.50. The van der Waals surface area contributed by atoms with Gasteiger partial charge in [0.1, 0.15) is 5.82 Å². The highest BCUT2D eigenvalue weighted by Gasteiger charge is 2.09. The molecule has 0 radical (unpaired) electrons. The number of aromatic nitrogens is 1. The minimum Gasteiger partial charge on any atom is -0.366 e. The predicted octanol–water partition coefficient (Wildman–Crippen LogP) is 3.84. The average molecular weight is 233 g/mol. The van der Waals surface area contributed by atoms with Crippen LogP contribution in [0.15, 0.2) is 12.3 Å². The molecule has 78 valence electrons. The van der Waals surface area contributed by atoms with E-state index < -0.39 is 0 Å². The van der Waals surface area contributed by atoms with Gasteiger partial charge in [-0.25, -0.2) is 4.98 Å². The molecule has 1 aromatic heterocycles. The van der Waals surface area contributed by atoms with Crippen molar-refractivity contribution in [1.29, 1.82) is 0 Å². The van der Waals surface area contributed by atoms with E-state index >= 15 is 0 Å². The fraction of sp³-hybridized carbons (Fsp3) is 0.500. The third kappa shape index (κ3) is 3.03. The zero-order chi connectivity index (χ0) is 10.7. The van der Waals surface area contributed by atoms with Gasteiger partial charge in [0.05, 0.1) is 10.0 Å². The number of nitrogens with one attached hydrogen (secondary N) is 1. The number of rotatable bonds is 3. The third-order valence-electron chi connectivity index (χ3n) is 2.17. The summed E-state index contributed by atoms with van der Waals surface area (Å²) in [5.74, 6) is 1.22. The number of hydrogen-bond acceptors (Lipinski definition) is 2. The Kier molecular flexibility index (Phi) is 4.02. The van der Waals surface area contributed by atoms with Crippen LogP contribution in [0.5, 0.6) is 0 Å². The Balaban J connectivity index is 2.77. The predicted molar refractivity (Wildman–Crippen MR) is 62.2 cm³/mol. The number of pyridine rings is 1. The lowest BCUT2D eigenvalue weighted by molar-refractivity contribution is 0.558. The molecule has 1 aromatic rings. The lowest BCUT2D eigenvalue weighted by Gasteiger charge is -2.18. The van der Waals surface area contributed by atoms with E-state index in [2.05, 4.69) is 31.1 Å². The van der Waals surface area contributed by atoms with Gasteiger partial charge in [0.15, 0.2) is 0 Å². The Bertz CT molecular complexity index is 313. The molecule has 0 aliphatic rings. The Morgan fingerprint density at radius 3 is 2.43 bits per heavy atom. The van der Waals surface area contributed by atoms with Gasteiger partial charge < -0.3 is 5.32 Å². The Morgan fingerprint density at radius 1 is 1.29 bits per heavy atom. The van der Waals surface area contributed by atoms with Gasteiger partial charge in [-0.05, 0) is 18.9 Å². The molecule has 1 heterocycles. The number of nitrogens with zero attached hydrogens (tertiary/aromatic N) is 1. The average Bonchev–Trinajstić information content (AvgIpc) is 2.09. The van der Waals surface area contributed by atoms with Crippen molar-refractivity contribution in [2.24, 2.45) is 5.92 Å². The lowest BCUT2D eigenvalue weighted by atomic mass is 10.1. The maximum absolute atomic E-state index is 5.97. The minimum atomic E-state index is 0.334. The SMILES string of the molecule is CC(C)C(C)Nc1ncc(Cl)cc1Cl. The highest BCUT2D eigenvalue weighted by molar-refractivity contribution is 6.35. The molecule has 0 amide bonds. The molecule has 14 heavy (non-hydrogen) atoms. The van der Waals surface area contributed by atoms with E-state index in [9.17, 15) is 0 Å². The first-order valence-corrected chi connectivity index (χ1v) is 5.34. The fourth-order valence-electron chi connectivity index (χ4n) is 0.903. The van der Waals surface area contributed by atoms with Gasteiger partial charge >= 0.3 is 0 Å². The molecule has 1 unspecified atom stereocenters. The molecule has 1 atom stereocenters. The molecule has 0 spiro atoms. The van der Waals surface area contributed by atoms with Crippen LogP contribution in [0.1, 0.15) is 20.8 Å². The van der Waals surface area contributed by atoms with Crippen molar-refractivity contribution in [2.45, 2.75) is 26.8 Å². The minimum absolute atomic E-state index is 0.334. The molecule has 2 nitrogen and oxygen atoms in total. The molecule has 0 aliphatic carbocycles. The topological polar surface area (TPSA) is 24.9 Å². The van der Waals surface area contributed by atoms with E-state index in [0.717, 1.165) is 0 Å². The summed E-state index contributed by atoms with van der Waals surface area (Å²) in [6, 6.07) is 2.02. The van der Waals surface area contributed by atoms with E-state index in [0.29, 0.717) is 27.8 Å². The van der Waals surface area contributed by atoms with Crippen LogP contribution in [0.25, 0.3) is 0 Å². The van der Waals surface area contributed by atoms with Crippen molar-refractivity contribution in [3.63, 3.8) is 0 Å². The maximum atomic E-state index is 5.97. The monoisotopic (exact) mass is 232 g/mol. The van der Waals surface area contributed by atoms with Crippen molar-refractivity contribution < 1.29 is 0 Å². The Labute approximate surface area is 94.6 Å². The standard InChI is InChI=1S/C10H14Cl2N2/c1-6(2)7(3)14-10-9(12)4-8(11)5-13-10/h4-7H,1-3H3,(H,13,14). The molecule has 1 rings (SSSR count). The highest BCUT2D eigenvalue weighted by atomic mass is 35.5. The summed E-state index contributed by atoms with van der Waals surface area (Å²) in [5, 5.41) is 4.35.